The molecule has 3 aromatic heterocycles. The van der Waals surface area contributed by atoms with Crippen molar-refractivity contribution < 1.29 is 18.4 Å². The van der Waals surface area contributed by atoms with Crippen molar-refractivity contribution in [1.82, 2.24) is 35.5 Å². The van der Waals surface area contributed by atoms with Crippen LogP contribution < -0.4 is 10.6 Å². The Balaban J connectivity index is 1.46. The van der Waals surface area contributed by atoms with Crippen molar-refractivity contribution >= 4 is 29.2 Å². The molecule has 2 aromatic carbocycles. The SMILES string of the molecule is O=C(NCc1c[nH]nn1)c1cc(NC(=O)c2cc(-c3ccc(F)cn3)c(F)cc2Cl)n(-c2ccccc2)n1. The third-order valence-electron chi connectivity index (χ3n) is 5.39. The van der Waals surface area contributed by atoms with E-state index in [-0.39, 0.29) is 39.9 Å². The van der Waals surface area contributed by atoms with Crippen LogP contribution in [-0.2, 0) is 6.54 Å². The van der Waals surface area contributed by atoms with E-state index in [4.69, 9.17) is 11.6 Å². The Bertz CT molecular complexity index is 1610. The monoisotopic (exact) mass is 534 g/mol. The molecule has 0 atom stereocenters. The van der Waals surface area contributed by atoms with E-state index in [2.05, 4.69) is 36.1 Å². The van der Waals surface area contributed by atoms with Gasteiger partial charge in [0.15, 0.2) is 5.69 Å². The number of hydrogen-bond acceptors (Lipinski definition) is 6. The van der Waals surface area contributed by atoms with Crippen molar-refractivity contribution in [3.05, 3.63) is 107 Å². The highest BCUT2D eigenvalue weighted by Crippen LogP contribution is 2.29. The smallest absolute Gasteiger partial charge is 0.272 e. The zero-order chi connectivity index (χ0) is 26.6. The van der Waals surface area contributed by atoms with Crippen LogP contribution >= 0.6 is 11.6 Å². The van der Waals surface area contributed by atoms with Gasteiger partial charge in [-0.1, -0.05) is 35.0 Å². The first-order valence-electron chi connectivity index (χ1n) is 11.1. The van der Waals surface area contributed by atoms with Crippen molar-refractivity contribution in [3.63, 3.8) is 0 Å². The first-order chi connectivity index (χ1) is 18.4. The molecule has 13 heteroatoms. The fourth-order valence-electron chi connectivity index (χ4n) is 3.56. The average molecular weight is 535 g/mol. The van der Waals surface area contributed by atoms with Crippen LogP contribution in [0.1, 0.15) is 26.5 Å². The van der Waals surface area contributed by atoms with Crippen LogP contribution in [0.3, 0.4) is 0 Å². The third kappa shape index (κ3) is 5.25. The van der Waals surface area contributed by atoms with E-state index >= 15 is 0 Å². The number of hydrogen-bond donors (Lipinski definition) is 3. The molecule has 0 radical (unpaired) electrons. The largest absolute Gasteiger partial charge is 0.345 e. The molecule has 0 fully saturated rings. The predicted molar refractivity (Wildman–Crippen MR) is 134 cm³/mol. The molecule has 38 heavy (non-hydrogen) atoms. The molecule has 0 aliphatic carbocycles. The van der Waals surface area contributed by atoms with Crippen LogP contribution in [0.25, 0.3) is 16.9 Å². The summed E-state index contributed by atoms with van der Waals surface area (Å²) in [5, 5.41) is 19.5. The van der Waals surface area contributed by atoms with Gasteiger partial charge < -0.3 is 10.6 Å². The number of rotatable bonds is 7. The molecule has 3 heterocycles. The van der Waals surface area contributed by atoms with Gasteiger partial charge in [-0.3, -0.25) is 19.7 Å². The number of halogens is 3. The van der Waals surface area contributed by atoms with Crippen molar-refractivity contribution in [1.29, 1.82) is 0 Å². The maximum atomic E-state index is 14.6. The number of aromatic amines is 1. The van der Waals surface area contributed by atoms with E-state index in [1.165, 1.54) is 29.1 Å². The Labute approximate surface area is 218 Å². The zero-order valence-electron chi connectivity index (χ0n) is 19.3. The van der Waals surface area contributed by atoms with E-state index in [1.807, 2.05) is 0 Å². The number of pyridine rings is 1. The molecule has 0 spiro atoms. The molecule has 0 bridgehead atoms. The van der Waals surface area contributed by atoms with Crippen molar-refractivity contribution in [2.45, 2.75) is 6.54 Å². The maximum Gasteiger partial charge on any atom is 0.272 e. The molecule has 5 rings (SSSR count). The van der Waals surface area contributed by atoms with E-state index in [1.54, 1.807) is 30.3 Å². The molecule has 5 aromatic rings. The van der Waals surface area contributed by atoms with E-state index < -0.39 is 23.4 Å². The Kier molecular flexibility index (Phi) is 6.87. The summed E-state index contributed by atoms with van der Waals surface area (Å²) in [7, 11) is 0. The molecule has 0 saturated carbocycles. The summed E-state index contributed by atoms with van der Waals surface area (Å²) >= 11 is 6.20. The number of carbonyl (C=O) groups is 2. The molecule has 0 unspecified atom stereocenters. The molecule has 0 aliphatic heterocycles. The second kappa shape index (κ2) is 10.6. The number of aromatic nitrogens is 6. The Morgan fingerprint density at radius 3 is 2.55 bits per heavy atom. The van der Waals surface area contributed by atoms with Gasteiger partial charge in [0.2, 0.25) is 0 Å². The molecule has 10 nitrogen and oxygen atoms in total. The van der Waals surface area contributed by atoms with E-state index in [0.717, 1.165) is 18.3 Å². The van der Waals surface area contributed by atoms with Crippen molar-refractivity contribution in [2.24, 2.45) is 0 Å². The lowest BCUT2D eigenvalue weighted by atomic mass is 10.1. The number of benzene rings is 2. The molecule has 0 saturated heterocycles. The summed E-state index contributed by atoms with van der Waals surface area (Å²) < 4.78 is 29.3. The number of H-pyrrole nitrogens is 1. The predicted octanol–water partition coefficient (Wildman–Crippen LogP) is 4.17. The van der Waals surface area contributed by atoms with Crippen LogP contribution in [0.2, 0.25) is 5.02 Å². The zero-order valence-corrected chi connectivity index (χ0v) is 20.1. The van der Waals surface area contributed by atoms with Crippen LogP contribution in [0.5, 0.6) is 0 Å². The second-order valence-corrected chi connectivity index (χ2v) is 8.34. The fraction of sp³-hybridized carbons (Fsp3) is 0.0400. The lowest BCUT2D eigenvalue weighted by molar-refractivity contribution is 0.0944. The second-order valence-electron chi connectivity index (χ2n) is 7.94. The van der Waals surface area contributed by atoms with Gasteiger partial charge in [0.1, 0.15) is 23.1 Å². The number of anilines is 1. The Hall–Kier alpha value is -4.97. The van der Waals surface area contributed by atoms with Crippen LogP contribution in [-0.4, -0.2) is 42.0 Å². The van der Waals surface area contributed by atoms with E-state index in [9.17, 15) is 18.4 Å². The Morgan fingerprint density at radius 2 is 1.84 bits per heavy atom. The lowest BCUT2D eigenvalue weighted by Gasteiger charge is -2.11. The van der Waals surface area contributed by atoms with Gasteiger partial charge in [-0.15, -0.1) is 5.10 Å². The number of nitrogens with one attached hydrogen (secondary N) is 3. The minimum Gasteiger partial charge on any atom is -0.345 e. The minimum atomic E-state index is -0.731. The van der Waals surface area contributed by atoms with Crippen molar-refractivity contribution in [2.75, 3.05) is 5.32 Å². The number of amides is 2. The normalized spacial score (nSPS) is 10.8. The van der Waals surface area contributed by atoms with Gasteiger partial charge in [-0.2, -0.15) is 5.10 Å². The van der Waals surface area contributed by atoms with Gasteiger partial charge >= 0.3 is 0 Å². The van der Waals surface area contributed by atoms with Gasteiger partial charge in [0.25, 0.3) is 11.8 Å². The van der Waals surface area contributed by atoms with E-state index in [0.29, 0.717) is 11.4 Å². The topological polar surface area (TPSA) is 130 Å². The lowest BCUT2D eigenvalue weighted by Crippen LogP contribution is -2.23. The van der Waals surface area contributed by atoms with Crippen LogP contribution in [0, 0.1) is 11.6 Å². The minimum absolute atomic E-state index is 0.0223. The summed E-state index contributed by atoms with van der Waals surface area (Å²) in [5.41, 5.74) is 1.13. The maximum absolute atomic E-state index is 14.6. The van der Waals surface area contributed by atoms with Crippen molar-refractivity contribution in [3.8, 4) is 16.9 Å². The first-order valence-corrected chi connectivity index (χ1v) is 11.5. The highest BCUT2D eigenvalue weighted by molar-refractivity contribution is 6.34. The third-order valence-corrected chi connectivity index (χ3v) is 5.70. The molecule has 3 N–H and O–H groups in total. The summed E-state index contributed by atoms with van der Waals surface area (Å²) in [5.74, 6) is -2.36. The summed E-state index contributed by atoms with van der Waals surface area (Å²) in [6.45, 7) is 0.112. The van der Waals surface area contributed by atoms with Gasteiger partial charge in [0, 0.05) is 17.8 Å². The Morgan fingerprint density at radius 1 is 1.03 bits per heavy atom. The summed E-state index contributed by atoms with van der Waals surface area (Å²) in [6.07, 6.45) is 2.48. The standard InChI is InChI=1S/C25H17ClF2N8O2/c26-19-9-20(28)18(21-7-6-14(27)11-29-21)8-17(19)24(37)32-23-10-22(25(38)30-12-15-13-31-35-33-15)34-36(23)16-4-2-1-3-5-16/h1-11,13H,12H2,(H,30,38)(H,32,37)(H,31,33,35). The van der Waals surface area contributed by atoms with Crippen LogP contribution in [0.4, 0.5) is 14.6 Å². The quantitative estimate of drug-likeness (QED) is 0.287. The van der Waals surface area contributed by atoms with Gasteiger partial charge in [-0.05, 0) is 36.4 Å². The van der Waals surface area contributed by atoms with Gasteiger partial charge in [0.05, 0.1) is 34.7 Å². The first kappa shape index (κ1) is 24.7. The molecular weight excluding hydrogens is 518 g/mol. The summed E-state index contributed by atoms with van der Waals surface area (Å²) in [6, 6.07) is 14.8. The molecular formula is C25H17ClF2N8O2. The fourth-order valence-corrected chi connectivity index (χ4v) is 3.79. The number of para-hydroxylation sites is 1. The molecule has 2 amide bonds. The number of nitrogens with zero attached hydrogens (tertiary/aromatic N) is 5. The van der Waals surface area contributed by atoms with Crippen LogP contribution in [0.15, 0.2) is 73.1 Å². The highest BCUT2D eigenvalue weighted by atomic mass is 35.5. The molecule has 190 valence electrons. The van der Waals surface area contributed by atoms with Gasteiger partial charge in [-0.25, -0.2) is 13.5 Å². The number of carbonyl (C=O) groups excluding carboxylic acids is 2. The highest BCUT2D eigenvalue weighted by Gasteiger charge is 2.21. The average Bonchev–Trinajstić information content (AvgIpc) is 3.59. The summed E-state index contributed by atoms with van der Waals surface area (Å²) in [4.78, 5) is 29.9. The molecule has 0 aliphatic rings.